The van der Waals surface area contributed by atoms with Crippen molar-refractivity contribution in [3.8, 4) is 0 Å². The monoisotopic (exact) mass is 225 g/mol. The number of carboxylic acids is 1. The van der Waals surface area contributed by atoms with Gasteiger partial charge in [-0.05, 0) is 19.9 Å². The van der Waals surface area contributed by atoms with Gasteiger partial charge in [0, 0.05) is 19.4 Å². The van der Waals surface area contributed by atoms with Gasteiger partial charge < -0.3 is 14.4 Å². The summed E-state index contributed by atoms with van der Waals surface area (Å²) in [5, 5.41) is 8.81. The molecule has 0 fully saturated rings. The second-order valence-electron chi connectivity index (χ2n) is 4.15. The Balaban J connectivity index is 3.09. The average molecular weight is 225 g/mol. The SMILES string of the molecule is COC(C)(C)Cn1cc(C(=O)O)ccc1=O. The number of aromatic carboxylic acids is 1. The second kappa shape index (κ2) is 4.49. The van der Waals surface area contributed by atoms with E-state index in [0.717, 1.165) is 0 Å². The molecule has 0 aromatic carbocycles. The van der Waals surface area contributed by atoms with Gasteiger partial charge in [-0.15, -0.1) is 0 Å². The highest BCUT2D eigenvalue weighted by Crippen LogP contribution is 2.10. The molecule has 0 saturated heterocycles. The summed E-state index contributed by atoms with van der Waals surface area (Å²) in [7, 11) is 1.55. The molecule has 0 unspecified atom stereocenters. The van der Waals surface area contributed by atoms with E-state index in [4.69, 9.17) is 9.84 Å². The summed E-state index contributed by atoms with van der Waals surface area (Å²) in [5.74, 6) is -1.05. The molecule has 0 radical (unpaired) electrons. The first-order valence-electron chi connectivity index (χ1n) is 4.85. The van der Waals surface area contributed by atoms with Crippen molar-refractivity contribution in [3.05, 3.63) is 34.2 Å². The van der Waals surface area contributed by atoms with E-state index in [1.807, 2.05) is 13.8 Å². The van der Waals surface area contributed by atoms with E-state index in [1.165, 1.54) is 22.9 Å². The van der Waals surface area contributed by atoms with Gasteiger partial charge in [0.1, 0.15) is 0 Å². The molecule has 88 valence electrons. The number of methoxy groups -OCH3 is 1. The first-order valence-corrected chi connectivity index (χ1v) is 4.85. The smallest absolute Gasteiger partial charge is 0.337 e. The van der Waals surface area contributed by atoms with Crippen LogP contribution in [0.15, 0.2) is 23.1 Å². The lowest BCUT2D eigenvalue weighted by Crippen LogP contribution is -2.34. The summed E-state index contributed by atoms with van der Waals surface area (Å²) in [6.45, 7) is 3.96. The third-order valence-electron chi connectivity index (χ3n) is 2.33. The van der Waals surface area contributed by atoms with E-state index < -0.39 is 11.6 Å². The van der Waals surface area contributed by atoms with Crippen molar-refractivity contribution in [2.45, 2.75) is 26.0 Å². The summed E-state index contributed by atoms with van der Waals surface area (Å²) in [6, 6.07) is 2.54. The molecule has 0 amide bonds. The Labute approximate surface area is 93.3 Å². The molecule has 0 aliphatic heterocycles. The fourth-order valence-corrected chi connectivity index (χ4v) is 1.26. The Morgan fingerprint density at radius 1 is 1.50 bits per heavy atom. The summed E-state index contributed by atoms with van der Waals surface area (Å²) in [6.07, 6.45) is 1.32. The third-order valence-corrected chi connectivity index (χ3v) is 2.33. The summed E-state index contributed by atoms with van der Waals surface area (Å²) in [4.78, 5) is 22.3. The number of aromatic nitrogens is 1. The predicted molar refractivity (Wildman–Crippen MR) is 58.7 cm³/mol. The van der Waals surface area contributed by atoms with Crippen LogP contribution in [0.25, 0.3) is 0 Å². The minimum absolute atomic E-state index is 0.0894. The van der Waals surface area contributed by atoms with Crippen LogP contribution in [0.5, 0.6) is 0 Å². The zero-order chi connectivity index (χ0) is 12.3. The highest BCUT2D eigenvalue weighted by Gasteiger charge is 2.18. The molecule has 5 nitrogen and oxygen atoms in total. The fourth-order valence-electron chi connectivity index (χ4n) is 1.26. The number of carbonyl (C=O) groups is 1. The van der Waals surface area contributed by atoms with Crippen LogP contribution in [-0.2, 0) is 11.3 Å². The maximum atomic E-state index is 11.5. The molecule has 0 spiro atoms. The van der Waals surface area contributed by atoms with Crippen molar-refractivity contribution >= 4 is 5.97 Å². The van der Waals surface area contributed by atoms with Gasteiger partial charge in [0.15, 0.2) is 0 Å². The largest absolute Gasteiger partial charge is 0.478 e. The van der Waals surface area contributed by atoms with Crippen molar-refractivity contribution in [1.82, 2.24) is 4.57 Å². The molecule has 1 aromatic rings. The lowest BCUT2D eigenvalue weighted by atomic mass is 10.1. The van der Waals surface area contributed by atoms with Gasteiger partial charge in [0.25, 0.3) is 5.56 Å². The molecule has 0 atom stereocenters. The van der Waals surface area contributed by atoms with Crippen molar-refractivity contribution in [3.63, 3.8) is 0 Å². The molecule has 1 N–H and O–H groups in total. The number of hydrogen-bond acceptors (Lipinski definition) is 3. The Hall–Kier alpha value is -1.62. The summed E-state index contributed by atoms with van der Waals surface area (Å²) >= 11 is 0. The van der Waals surface area contributed by atoms with E-state index in [2.05, 4.69) is 0 Å². The number of ether oxygens (including phenoxy) is 1. The predicted octanol–water partition coefficient (Wildman–Crippen LogP) is 0.972. The maximum Gasteiger partial charge on any atom is 0.337 e. The van der Waals surface area contributed by atoms with Crippen LogP contribution < -0.4 is 5.56 Å². The van der Waals surface area contributed by atoms with Gasteiger partial charge in [0.05, 0.1) is 17.7 Å². The first-order chi connectivity index (χ1) is 7.35. The lowest BCUT2D eigenvalue weighted by molar-refractivity contribution is 0.00726. The molecule has 0 saturated carbocycles. The van der Waals surface area contributed by atoms with Crippen LogP contribution in [0.4, 0.5) is 0 Å². The molecular formula is C11H15NO4. The number of carboxylic acid groups (broad SMARTS) is 1. The normalized spacial score (nSPS) is 11.4. The van der Waals surface area contributed by atoms with E-state index in [9.17, 15) is 9.59 Å². The fraction of sp³-hybridized carbons (Fsp3) is 0.455. The Bertz CT molecular complexity index is 448. The molecule has 1 aromatic heterocycles. The number of pyridine rings is 1. The van der Waals surface area contributed by atoms with E-state index in [0.29, 0.717) is 6.54 Å². The third kappa shape index (κ3) is 2.93. The highest BCUT2D eigenvalue weighted by molar-refractivity contribution is 5.87. The van der Waals surface area contributed by atoms with Crippen molar-refractivity contribution in [2.75, 3.05) is 7.11 Å². The molecule has 5 heteroatoms. The van der Waals surface area contributed by atoms with E-state index >= 15 is 0 Å². The minimum Gasteiger partial charge on any atom is -0.478 e. The topological polar surface area (TPSA) is 68.5 Å². The van der Waals surface area contributed by atoms with Crippen LogP contribution in [-0.4, -0.2) is 28.4 Å². The standard InChI is InChI=1S/C11H15NO4/c1-11(2,16-3)7-12-6-8(10(14)15)4-5-9(12)13/h4-6H,7H2,1-3H3,(H,14,15). The van der Waals surface area contributed by atoms with Crippen molar-refractivity contribution < 1.29 is 14.6 Å². The Morgan fingerprint density at radius 3 is 2.62 bits per heavy atom. The number of nitrogens with zero attached hydrogens (tertiary/aromatic N) is 1. The Morgan fingerprint density at radius 2 is 2.12 bits per heavy atom. The van der Waals surface area contributed by atoms with Crippen LogP contribution >= 0.6 is 0 Å². The van der Waals surface area contributed by atoms with Gasteiger partial charge in [-0.3, -0.25) is 4.79 Å². The molecule has 1 rings (SSSR count). The maximum absolute atomic E-state index is 11.5. The molecule has 0 bridgehead atoms. The number of rotatable bonds is 4. The molecule has 1 heterocycles. The van der Waals surface area contributed by atoms with Gasteiger partial charge in [-0.1, -0.05) is 0 Å². The van der Waals surface area contributed by atoms with Crippen molar-refractivity contribution in [2.24, 2.45) is 0 Å². The van der Waals surface area contributed by atoms with Gasteiger partial charge >= 0.3 is 5.97 Å². The molecule has 0 aliphatic rings. The van der Waals surface area contributed by atoms with Crippen molar-refractivity contribution in [1.29, 1.82) is 0 Å². The average Bonchev–Trinajstić information content (AvgIpc) is 2.21. The quantitative estimate of drug-likeness (QED) is 0.829. The zero-order valence-corrected chi connectivity index (χ0v) is 9.56. The summed E-state index contributed by atoms with van der Waals surface area (Å²) in [5.41, 5.74) is -0.664. The van der Waals surface area contributed by atoms with E-state index in [1.54, 1.807) is 7.11 Å². The van der Waals surface area contributed by atoms with Crippen LogP contribution in [0.3, 0.4) is 0 Å². The second-order valence-corrected chi connectivity index (χ2v) is 4.15. The zero-order valence-electron chi connectivity index (χ0n) is 9.56. The minimum atomic E-state index is -1.05. The molecular weight excluding hydrogens is 210 g/mol. The van der Waals surface area contributed by atoms with Gasteiger partial charge in [-0.2, -0.15) is 0 Å². The van der Waals surface area contributed by atoms with Crippen LogP contribution in [0, 0.1) is 0 Å². The molecule has 0 aliphatic carbocycles. The number of hydrogen-bond donors (Lipinski definition) is 1. The first kappa shape index (κ1) is 12.4. The highest BCUT2D eigenvalue weighted by atomic mass is 16.5. The summed E-state index contributed by atoms with van der Waals surface area (Å²) < 4.78 is 6.53. The Kier molecular flexibility index (Phi) is 3.49. The van der Waals surface area contributed by atoms with Crippen LogP contribution in [0.1, 0.15) is 24.2 Å². The van der Waals surface area contributed by atoms with Gasteiger partial charge in [-0.25, -0.2) is 4.79 Å². The lowest BCUT2D eigenvalue weighted by Gasteiger charge is -2.23. The van der Waals surface area contributed by atoms with Gasteiger partial charge in [0.2, 0.25) is 0 Å². The van der Waals surface area contributed by atoms with E-state index in [-0.39, 0.29) is 11.1 Å². The van der Waals surface area contributed by atoms with Crippen LogP contribution in [0.2, 0.25) is 0 Å². The molecule has 16 heavy (non-hydrogen) atoms.